The van der Waals surface area contributed by atoms with Crippen molar-refractivity contribution in [2.24, 2.45) is 0 Å². The topological polar surface area (TPSA) is 63.8 Å². The maximum absolute atomic E-state index is 5.25. The van der Waals surface area contributed by atoms with Gasteiger partial charge in [-0.25, -0.2) is 0 Å². The van der Waals surface area contributed by atoms with Gasteiger partial charge in [0.2, 0.25) is 11.7 Å². The summed E-state index contributed by atoms with van der Waals surface area (Å²) >= 11 is 3.38. The van der Waals surface area contributed by atoms with Crippen molar-refractivity contribution in [1.29, 1.82) is 0 Å². The molecule has 0 unspecified atom stereocenters. The van der Waals surface area contributed by atoms with E-state index in [1.165, 1.54) is 0 Å². The Morgan fingerprint density at radius 2 is 2.00 bits per heavy atom. The third kappa shape index (κ3) is 3.66. The van der Waals surface area contributed by atoms with Gasteiger partial charge in [0.25, 0.3) is 0 Å². The number of rotatable bonds is 5. The number of hydrogen-bond donors (Lipinski definition) is 1. The van der Waals surface area contributed by atoms with Crippen molar-refractivity contribution < 1.29 is 4.52 Å². The molecule has 3 rings (SSSR count). The summed E-state index contributed by atoms with van der Waals surface area (Å²) in [5, 5.41) is 7.28. The normalized spacial score (nSPS) is 10.5. The molecule has 6 heteroatoms. The third-order valence-corrected chi connectivity index (χ3v) is 3.31. The lowest BCUT2D eigenvalue weighted by molar-refractivity contribution is 0.381. The summed E-state index contributed by atoms with van der Waals surface area (Å²) in [6.45, 7) is 0.738. The molecule has 0 aliphatic heterocycles. The van der Waals surface area contributed by atoms with Crippen molar-refractivity contribution in [1.82, 2.24) is 15.1 Å². The number of aromatic nitrogens is 3. The van der Waals surface area contributed by atoms with Gasteiger partial charge in [0, 0.05) is 41.1 Å². The zero-order valence-electron chi connectivity index (χ0n) is 11.2. The number of pyridine rings is 1. The molecule has 0 atom stereocenters. The van der Waals surface area contributed by atoms with Crippen molar-refractivity contribution in [3.05, 3.63) is 59.2 Å². The Kier molecular flexibility index (Phi) is 4.25. The van der Waals surface area contributed by atoms with E-state index in [4.69, 9.17) is 4.52 Å². The molecule has 106 valence electrons. The number of nitrogens with zero attached hydrogens (tertiary/aromatic N) is 3. The molecule has 5 nitrogen and oxygen atoms in total. The molecule has 0 fully saturated rings. The Bertz CT molecular complexity index is 714. The number of anilines is 1. The fourth-order valence-electron chi connectivity index (χ4n) is 1.88. The van der Waals surface area contributed by atoms with Crippen LogP contribution in [0.4, 0.5) is 5.69 Å². The van der Waals surface area contributed by atoms with E-state index in [0.29, 0.717) is 18.1 Å². The Morgan fingerprint density at radius 1 is 1.14 bits per heavy atom. The van der Waals surface area contributed by atoms with Crippen LogP contribution in [-0.4, -0.2) is 21.7 Å². The van der Waals surface area contributed by atoms with Crippen LogP contribution in [0.25, 0.3) is 11.4 Å². The van der Waals surface area contributed by atoms with Crippen LogP contribution >= 0.6 is 15.9 Å². The van der Waals surface area contributed by atoms with Gasteiger partial charge >= 0.3 is 0 Å². The predicted molar refractivity (Wildman–Crippen MR) is 83.9 cm³/mol. The summed E-state index contributed by atoms with van der Waals surface area (Å²) in [6, 6.07) is 11.9. The van der Waals surface area contributed by atoms with Crippen LogP contribution in [-0.2, 0) is 6.42 Å². The zero-order valence-corrected chi connectivity index (χ0v) is 12.7. The summed E-state index contributed by atoms with van der Waals surface area (Å²) in [6.07, 6.45) is 4.10. The molecule has 2 aromatic heterocycles. The molecule has 0 radical (unpaired) electrons. The molecular formula is C15H13BrN4O. The fourth-order valence-corrected chi connectivity index (χ4v) is 2.24. The van der Waals surface area contributed by atoms with Crippen LogP contribution in [0.15, 0.2) is 57.8 Å². The Hall–Kier alpha value is -2.21. The molecule has 0 aliphatic rings. The second-order valence-corrected chi connectivity index (χ2v) is 5.36. The van der Waals surface area contributed by atoms with Gasteiger partial charge < -0.3 is 9.84 Å². The number of para-hydroxylation sites is 1. The van der Waals surface area contributed by atoms with E-state index in [0.717, 1.165) is 22.3 Å². The van der Waals surface area contributed by atoms with Crippen molar-refractivity contribution in [3.8, 4) is 11.4 Å². The highest BCUT2D eigenvalue weighted by Gasteiger charge is 2.09. The summed E-state index contributed by atoms with van der Waals surface area (Å²) in [4.78, 5) is 8.46. The minimum atomic E-state index is 0.554. The second kappa shape index (κ2) is 6.49. The SMILES string of the molecule is Brc1cncc(-c2noc(CCNc3ccccc3)n2)c1. The molecule has 0 saturated heterocycles. The van der Waals surface area contributed by atoms with Gasteiger partial charge in [-0.1, -0.05) is 23.4 Å². The lowest BCUT2D eigenvalue weighted by atomic mass is 10.3. The van der Waals surface area contributed by atoms with Gasteiger partial charge in [-0.3, -0.25) is 4.98 Å². The Morgan fingerprint density at radius 3 is 2.81 bits per heavy atom. The van der Waals surface area contributed by atoms with Crippen LogP contribution in [0, 0.1) is 0 Å². The van der Waals surface area contributed by atoms with Gasteiger partial charge in [0.05, 0.1) is 0 Å². The summed E-state index contributed by atoms with van der Waals surface area (Å²) in [5.74, 6) is 1.16. The van der Waals surface area contributed by atoms with E-state index in [9.17, 15) is 0 Å². The van der Waals surface area contributed by atoms with Crippen LogP contribution in [0.2, 0.25) is 0 Å². The fraction of sp³-hybridized carbons (Fsp3) is 0.133. The predicted octanol–water partition coefficient (Wildman–Crippen LogP) is 3.55. The highest BCUT2D eigenvalue weighted by molar-refractivity contribution is 9.10. The minimum absolute atomic E-state index is 0.554. The average Bonchev–Trinajstić information content (AvgIpc) is 2.97. The van der Waals surface area contributed by atoms with Crippen molar-refractivity contribution in [2.75, 3.05) is 11.9 Å². The van der Waals surface area contributed by atoms with Crippen molar-refractivity contribution in [2.45, 2.75) is 6.42 Å². The zero-order chi connectivity index (χ0) is 14.5. The van der Waals surface area contributed by atoms with E-state index >= 15 is 0 Å². The Labute approximate surface area is 130 Å². The van der Waals surface area contributed by atoms with Crippen molar-refractivity contribution >= 4 is 21.6 Å². The highest BCUT2D eigenvalue weighted by atomic mass is 79.9. The van der Waals surface area contributed by atoms with E-state index in [1.807, 2.05) is 36.4 Å². The summed E-state index contributed by atoms with van der Waals surface area (Å²) in [7, 11) is 0. The smallest absolute Gasteiger partial charge is 0.228 e. The van der Waals surface area contributed by atoms with Crippen LogP contribution < -0.4 is 5.32 Å². The summed E-state index contributed by atoms with van der Waals surface area (Å²) in [5.41, 5.74) is 1.91. The van der Waals surface area contributed by atoms with E-state index in [2.05, 4.69) is 36.4 Å². The molecule has 0 aliphatic carbocycles. The lowest BCUT2D eigenvalue weighted by Gasteiger charge is -2.02. The average molecular weight is 345 g/mol. The first-order valence-electron chi connectivity index (χ1n) is 6.54. The molecule has 0 bridgehead atoms. The van der Waals surface area contributed by atoms with Gasteiger partial charge in [0.15, 0.2) is 0 Å². The second-order valence-electron chi connectivity index (χ2n) is 4.45. The van der Waals surface area contributed by atoms with Gasteiger partial charge in [-0.2, -0.15) is 4.98 Å². The molecule has 0 saturated carbocycles. The van der Waals surface area contributed by atoms with Crippen LogP contribution in [0.3, 0.4) is 0 Å². The number of hydrogen-bond acceptors (Lipinski definition) is 5. The maximum Gasteiger partial charge on any atom is 0.228 e. The molecule has 1 aromatic carbocycles. The highest BCUT2D eigenvalue weighted by Crippen LogP contribution is 2.19. The molecular weight excluding hydrogens is 332 g/mol. The van der Waals surface area contributed by atoms with Crippen LogP contribution in [0.5, 0.6) is 0 Å². The third-order valence-electron chi connectivity index (χ3n) is 2.87. The van der Waals surface area contributed by atoms with Crippen molar-refractivity contribution in [3.63, 3.8) is 0 Å². The molecule has 0 amide bonds. The van der Waals surface area contributed by atoms with Crippen LogP contribution in [0.1, 0.15) is 5.89 Å². The first kappa shape index (κ1) is 13.8. The molecule has 21 heavy (non-hydrogen) atoms. The van der Waals surface area contributed by atoms with E-state index in [-0.39, 0.29) is 0 Å². The van der Waals surface area contributed by atoms with E-state index in [1.54, 1.807) is 12.4 Å². The standard InChI is InChI=1S/C15H13BrN4O/c16-12-8-11(9-17-10-12)15-19-14(21-20-15)6-7-18-13-4-2-1-3-5-13/h1-5,8-10,18H,6-7H2. The molecule has 0 spiro atoms. The summed E-state index contributed by atoms with van der Waals surface area (Å²) < 4.78 is 6.14. The van der Waals surface area contributed by atoms with Gasteiger partial charge in [-0.15, -0.1) is 0 Å². The van der Waals surface area contributed by atoms with Gasteiger partial charge in [0.1, 0.15) is 0 Å². The van der Waals surface area contributed by atoms with Gasteiger partial charge in [-0.05, 0) is 34.1 Å². The molecule has 3 aromatic rings. The first-order chi connectivity index (χ1) is 10.3. The quantitative estimate of drug-likeness (QED) is 0.766. The lowest BCUT2D eigenvalue weighted by Crippen LogP contribution is -2.04. The van der Waals surface area contributed by atoms with E-state index < -0.39 is 0 Å². The maximum atomic E-state index is 5.25. The number of nitrogens with one attached hydrogen (secondary N) is 1. The Balaban J connectivity index is 1.60. The largest absolute Gasteiger partial charge is 0.385 e. The number of benzene rings is 1. The minimum Gasteiger partial charge on any atom is -0.385 e. The molecule has 1 N–H and O–H groups in total. The molecule has 2 heterocycles. The first-order valence-corrected chi connectivity index (χ1v) is 7.33. The number of halogens is 1. The monoisotopic (exact) mass is 344 g/mol.